The third-order valence-corrected chi connectivity index (χ3v) is 4.46. The number of hydrogen-bond acceptors (Lipinski definition) is 3. The molecule has 3 nitrogen and oxygen atoms in total. The molecule has 1 aliphatic rings. The molecule has 23 heavy (non-hydrogen) atoms. The highest BCUT2D eigenvalue weighted by Gasteiger charge is 2.22. The number of piperazine rings is 1. The summed E-state index contributed by atoms with van der Waals surface area (Å²) < 4.78 is 13.3. The van der Waals surface area contributed by atoms with E-state index >= 15 is 0 Å². The third kappa shape index (κ3) is 4.53. The lowest BCUT2D eigenvalue weighted by molar-refractivity contribution is 0.162. The van der Waals surface area contributed by atoms with Gasteiger partial charge in [-0.1, -0.05) is 24.3 Å². The van der Waals surface area contributed by atoms with Crippen LogP contribution in [0.25, 0.3) is 0 Å². The Morgan fingerprint density at radius 1 is 1.13 bits per heavy atom. The number of nitrogens with one attached hydrogen (secondary N) is 1. The van der Waals surface area contributed by atoms with Gasteiger partial charge < -0.3 is 10.4 Å². The van der Waals surface area contributed by atoms with Gasteiger partial charge in [-0.05, 0) is 48.2 Å². The Morgan fingerprint density at radius 3 is 2.74 bits per heavy atom. The number of benzene rings is 2. The minimum atomic E-state index is -0.163. The van der Waals surface area contributed by atoms with Crippen molar-refractivity contribution in [1.29, 1.82) is 0 Å². The van der Waals surface area contributed by atoms with Gasteiger partial charge in [-0.25, -0.2) is 4.39 Å². The molecule has 2 N–H and O–H groups in total. The molecule has 0 radical (unpaired) electrons. The summed E-state index contributed by atoms with van der Waals surface area (Å²) >= 11 is 0. The summed E-state index contributed by atoms with van der Waals surface area (Å²) in [5.41, 5.74) is 2.28. The van der Waals surface area contributed by atoms with Crippen molar-refractivity contribution in [3.8, 4) is 5.75 Å². The van der Waals surface area contributed by atoms with Gasteiger partial charge in [-0.3, -0.25) is 4.90 Å². The summed E-state index contributed by atoms with van der Waals surface area (Å²) in [6.45, 7) is 3.91. The zero-order valence-corrected chi connectivity index (χ0v) is 13.2. The molecule has 4 heteroatoms. The van der Waals surface area contributed by atoms with Gasteiger partial charge in [0.25, 0.3) is 0 Å². The van der Waals surface area contributed by atoms with Crippen LogP contribution in [0.3, 0.4) is 0 Å². The fourth-order valence-electron chi connectivity index (χ4n) is 3.17. The Labute approximate surface area is 136 Å². The second-order valence-electron chi connectivity index (χ2n) is 6.14. The van der Waals surface area contributed by atoms with Gasteiger partial charge in [0.05, 0.1) is 0 Å². The van der Waals surface area contributed by atoms with Crippen molar-refractivity contribution in [1.82, 2.24) is 10.2 Å². The van der Waals surface area contributed by atoms with E-state index in [1.165, 1.54) is 11.6 Å². The molecule has 0 amide bonds. The summed E-state index contributed by atoms with van der Waals surface area (Å²) in [6, 6.07) is 14.7. The average Bonchev–Trinajstić information content (AvgIpc) is 2.56. The lowest BCUT2D eigenvalue weighted by Crippen LogP contribution is -2.52. The number of phenolic OH excluding ortho intramolecular Hbond substituents is 1. The number of halogens is 1. The lowest BCUT2D eigenvalue weighted by atomic mass is 10.0. The smallest absolute Gasteiger partial charge is 0.123 e. The highest BCUT2D eigenvalue weighted by atomic mass is 19.1. The molecule has 0 bridgehead atoms. The highest BCUT2D eigenvalue weighted by molar-refractivity contribution is 5.26. The first-order valence-corrected chi connectivity index (χ1v) is 8.18. The molecule has 3 rings (SSSR count). The van der Waals surface area contributed by atoms with Gasteiger partial charge in [0.1, 0.15) is 11.6 Å². The van der Waals surface area contributed by atoms with Crippen molar-refractivity contribution < 1.29 is 9.50 Å². The molecular formula is C19H23FN2O. The SMILES string of the molecule is Oc1ccc(C[C@H]2CNCCN2CCc2cccc(F)c2)cc1. The van der Waals surface area contributed by atoms with Crippen LogP contribution in [-0.2, 0) is 12.8 Å². The zero-order chi connectivity index (χ0) is 16.1. The quantitative estimate of drug-likeness (QED) is 0.890. The van der Waals surface area contributed by atoms with Crippen molar-refractivity contribution in [2.75, 3.05) is 26.2 Å². The number of phenols is 1. The van der Waals surface area contributed by atoms with Crippen molar-refractivity contribution >= 4 is 0 Å². The maximum Gasteiger partial charge on any atom is 0.123 e. The molecule has 1 aliphatic heterocycles. The number of hydrogen-bond donors (Lipinski definition) is 2. The van der Waals surface area contributed by atoms with E-state index in [1.807, 2.05) is 18.2 Å². The second kappa shape index (κ2) is 7.57. The fourth-order valence-corrected chi connectivity index (χ4v) is 3.17. The maximum absolute atomic E-state index is 13.3. The molecule has 2 aromatic carbocycles. The number of aromatic hydroxyl groups is 1. The molecule has 0 saturated carbocycles. The molecule has 1 saturated heterocycles. The Bertz CT molecular complexity index is 630. The van der Waals surface area contributed by atoms with Crippen LogP contribution in [0.5, 0.6) is 5.75 Å². The minimum Gasteiger partial charge on any atom is -0.508 e. The van der Waals surface area contributed by atoms with E-state index in [9.17, 15) is 9.50 Å². The van der Waals surface area contributed by atoms with Crippen LogP contribution in [0.1, 0.15) is 11.1 Å². The summed E-state index contributed by atoms with van der Waals surface area (Å²) in [5, 5.41) is 12.8. The van der Waals surface area contributed by atoms with E-state index in [1.54, 1.807) is 24.3 Å². The molecule has 2 aromatic rings. The molecule has 0 aromatic heterocycles. The van der Waals surface area contributed by atoms with Gasteiger partial charge >= 0.3 is 0 Å². The van der Waals surface area contributed by atoms with E-state index in [-0.39, 0.29) is 5.82 Å². The van der Waals surface area contributed by atoms with Gasteiger partial charge in [0, 0.05) is 32.2 Å². The molecule has 0 aliphatic carbocycles. The number of rotatable bonds is 5. The second-order valence-corrected chi connectivity index (χ2v) is 6.14. The molecule has 1 heterocycles. The fraction of sp³-hybridized carbons (Fsp3) is 0.368. The van der Waals surface area contributed by atoms with Crippen molar-refractivity contribution in [3.05, 3.63) is 65.5 Å². The van der Waals surface area contributed by atoms with E-state index in [0.717, 1.165) is 44.6 Å². The topological polar surface area (TPSA) is 35.5 Å². The summed E-state index contributed by atoms with van der Waals surface area (Å²) in [4.78, 5) is 2.48. The van der Waals surface area contributed by atoms with Crippen LogP contribution >= 0.6 is 0 Å². The van der Waals surface area contributed by atoms with Crippen LogP contribution in [0.15, 0.2) is 48.5 Å². The van der Waals surface area contributed by atoms with Crippen LogP contribution in [0, 0.1) is 5.82 Å². The zero-order valence-electron chi connectivity index (χ0n) is 13.2. The largest absolute Gasteiger partial charge is 0.508 e. The molecule has 1 atom stereocenters. The first kappa shape index (κ1) is 16.0. The standard InChI is InChI=1S/C19H23FN2O/c20-17-3-1-2-15(12-17)8-10-22-11-9-21-14-18(22)13-16-4-6-19(23)7-5-16/h1-7,12,18,21,23H,8-11,13-14H2/t18-/m0/s1. The minimum absolute atomic E-state index is 0.163. The lowest BCUT2D eigenvalue weighted by Gasteiger charge is -2.36. The van der Waals surface area contributed by atoms with E-state index < -0.39 is 0 Å². The number of nitrogens with zero attached hydrogens (tertiary/aromatic N) is 1. The summed E-state index contributed by atoms with van der Waals surface area (Å²) in [7, 11) is 0. The van der Waals surface area contributed by atoms with E-state index in [4.69, 9.17) is 0 Å². The average molecular weight is 314 g/mol. The Balaban J connectivity index is 1.60. The molecule has 0 spiro atoms. The van der Waals surface area contributed by atoms with E-state index in [0.29, 0.717) is 11.8 Å². The van der Waals surface area contributed by atoms with Crippen molar-refractivity contribution in [2.45, 2.75) is 18.9 Å². The van der Waals surface area contributed by atoms with E-state index in [2.05, 4.69) is 10.2 Å². The predicted octanol–water partition coefficient (Wildman–Crippen LogP) is 2.59. The summed E-state index contributed by atoms with van der Waals surface area (Å²) in [5.74, 6) is 0.141. The maximum atomic E-state index is 13.3. The monoisotopic (exact) mass is 314 g/mol. The Hall–Kier alpha value is -1.91. The first-order valence-electron chi connectivity index (χ1n) is 8.18. The molecule has 1 fully saturated rings. The van der Waals surface area contributed by atoms with Gasteiger partial charge in [-0.15, -0.1) is 0 Å². The van der Waals surface area contributed by atoms with Gasteiger partial charge in [-0.2, -0.15) is 0 Å². The van der Waals surface area contributed by atoms with Crippen LogP contribution in [0.4, 0.5) is 4.39 Å². The molecular weight excluding hydrogens is 291 g/mol. The van der Waals surface area contributed by atoms with Crippen LogP contribution < -0.4 is 5.32 Å². The van der Waals surface area contributed by atoms with Crippen LogP contribution in [0.2, 0.25) is 0 Å². The van der Waals surface area contributed by atoms with Crippen LogP contribution in [-0.4, -0.2) is 42.2 Å². The molecule has 122 valence electrons. The highest BCUT2D eigenvalue weighted by Crippen LogP contribution is 2.15. The summed E-state index contributed by atoms with van der Waals surface area (Å²) in [6.07, 6.45) is 1.82. The first-order chi connectivity index (χ1) is 11.2. The Kier molecular flexibility index (Phi) is 5.26. The van der Waals surface area contributed by atoms with Gasteiger partial charge in [0.15, 0.2) is 0 Å². The van der Waals surface area contributed by atoms with Crippen molar-refractivity contribution in [3.63, 3.8) is 0 Å². The third-order valence-electron chi connectivity index (χ3n) is 4.46. The van der Waals surface area contributed by atoms with Crippen molar-refractivity contribution in [2.24, 2.45) is 0 Å². The normalized spacial score (nSPS) is 18.9. The predicted molar refractivity (Wildman–Crippen MR) is 90.1 cm³/mol. The molecule has 0 unspecified atom stereocenters. The van der Waals surface area contributed by atoms with Gasteiger partial charge in [0.2, 0.25) is 0 Å². The Morgan fingerprint density at radius 2 is 1.96 bits per heavy atom.